The maximum atomic E-state index is 12.1. The number of hydrogen-bond donors (Lipinski definition) is 0. The fraction of sp³-hybridized carbons (Fsp3) is 0.300. The van der Waals surface area contributed by atoms with Gasteiger partial charge in [-0.2, -0.15) is 0 Å². The average molecular weight is 282 g/mol. The van der Waals surface area contributed by atoms with Crippen molar-refractivity contribution in [3.8, 4) is 11.1 Å². The van der Waals surface area contributed by atoms with Gasteiger partial charge in [-0.3, -0.25) is 0 Å². The molecule has 110 valence electrons. The second-order valence-electron chi connectivity index (χ2n) is 5.42. The van der Waals surface area contributed by atoms with Crippen molar-refractivity contribution >= 4 is 6.08 Å². The first-order chi connectivity index (χ1) is 10.3. The lowest BCUT2D eigenvalue weighted by Crippen LogP contribution is -1.86. The Hall–Kier alpha value is -1.89. The summed E-state index contributed by atoms with van der Waals surface area (Å²) in [7, 11) is 0. The monoisotopic (exact) mass is 282 g/mol. The van der Waals surface area contributed by atoms with E-state index < -0.39 is 0 Å². The number of halogens is 1. The summed E-state index contributed by atoms with van der Waals surface area (Å²) in [6.07, 6.45) is 8.41. The molecular formula is C20H23F. The molecule has 0 aromatic heterocycles. The molecule has 0 fully saturated rings. The van der Waals surface area contributed by atoms with E-state index in [9.17, 15) is 4.39 Å². The number of aryl methyl sites for hydroxylation is 1. The van der Waals surface area contributed by atoms with E-state index >= 15 is 0 Å². The van der Waals surface area contributed by atoms with Crippen LogP contribution in [0, 0.1) is 0 Å². The van der Waals surface area contributed by atoms with Crippen LogP contribution in [-0.2, 0) is 6.42 Å². The highest BCUT2D eigenvalue weighted by atomic mass is 19.1. The van der Waals surface area contributed by atoms with Crippen LogP contribution in [-0.4, -0.2) is 0 Å². The van der Waals surface area contributed by atoms with Crippen LogP contribution in [0.15, 0.2) is 54.9 Å². The summed E-state index contributed by atoms with van der Waals surface area (Å²) < 4.78 is 12.1. The van der Waals surface area contributed by atoms with E-state index in [1.54, 1.807) is 0 Å². The molecule has 0 saturated carbocycles. The Labute approximate surface area is 127 Å². The van der Waals surface area contributed by atoms with Crippen LogP contribution in [0.25, 0.3) is 17.2 Å². The summed E-state index contributed by atoms with van der Waals surface area (Å²) in [5.41, 5.74) is 4.67. The lowest BCUT2D eigenvalue weighted by Gasteiger charge is -2.05. The molecule has 0 heterocycles. The van der Waals surface area contributed by atoms with Gasteiger partial charge < -0.3 is 0 Å². The fourth-order valence-corrected chi connectivity index (χ4v) is 2.48. The number of rotatable bonds is 7. The molecule has 0 spiro atoms. The fourth-order valence-electron chi connectivity index (χ4n) is 2.48. The van der Waals surface area contributed by atoms with Gasteiger partial charge in [-0.05, 0) is 41.2 Å². The van der Waals surface area contributed by atoms with E-state index in [4.69, 9.17) is 0 Å². The zero-order valence-corrected chi connectivity index (χ0v) is 12.7. The minimum atomic E-state index is 0.572. The van der Waals surface area contributed by atoms with Crippen LogP contribution in [0.1, 0.15) is 43.7 Å². The average Bonchev–Trinajstić information content (AvgIpc) is 2.53. The Bertz CT molecular complexity index is 549. The minimum Gasteiger partial charge on any atom is -0.216 e. The first kappa shape index (κ1) is 15.5. The molecule has 0 bridgehead atoms. The van der Waals surface area contributed by atoms with Gasteiger partial charge in [-0.15, -0.1) is 0 Å². The van der Waals surface area contributed by atoms with Crippen LogP contribution in [0.4, 0.5) is 4.39 Å². The van der Waals surface area contributed by atoms with Gasteiger partial charge >= 0.3 is 0 Å². The lowest BCUT2D eigenvalue weighted by atomic mass is 10.0. The van der Waals surface area contributed by atoms with Gasteiger partial charge in [0, 0.05) is 0 Å². The Morgan fingerprint density at radius 2 is 1.43 bits per heavy atom. The van der Waals surface area contributed by atoms with Crippen LogP contribution < -0.4 is 0 Å². The highest BCUT2D eigenvalue weighted by molar-refractivity contribution is 5.65. The largest absolute Gasteiger partial charge is 0.216 e. The Kier molecular flexibility index (Phi) is 6.21. The van der Waals surface area contributed by atoms with Crippen molar-refractivity contribution in [3.63, 3.8) is 0 Å². The van der Waals surface area contributed by atoms with Crippen molar-refractivity contribution in [2.45, 2.75) is 39.0 Å². The SMILES string of the molecule is CCCCCCc1ccc(-c2ccc(C=CF)cc2)cc1. The van der Waals surface area contributed by atoms with E-state index in [1.165, 1.54) is 54.9 Å². The smallest absolute Gasteiger partial charge is 0.0872 e. The molecule has 0 unspecified atom stereocenters. The molecule has 21 heavy (non-hydrogen) atoms. The van der Waals surface area contributed by atoms with E-state index in [1.807, 2.05) is 24.3 Å². The molecule has 0 saturated heterocycles. The normalized spacial score (nSPS) is 11.1. The molecule has 2 aromatic carbocycles. The Morgan fingerprint density at radius 3 is 2.00 bits per heavy atom. The van der Waals surface area contributed by atoms with Crippen molar-refractivity contribution < 1.29 is 4.39 Å². The van der Waals surface area contributed by atoms with Gasteiger partial charge in [0.1, 0.15) is 0 Å². The molecule has 0 N–H and O–H groups in total. The minimum absolute atomic E-state index is 0.572. The molecule has 2 rings (SSSR count). The zero-order valence-electron chi connectivity index (χ0n) is 12.7. The van der Waals surface area contributed by atoms with E-state index in [-0.39, 0.29) is 0 Å². The highest BCUT2D eigenvalue weighted by Crippen LogP contribution is 2.21. The maximum Gasteiger partial charge on any atom is 0.0872 e. The van der Waals surface area contributed by atoms with Crippen molar-refractivity contribution in [2.24, 2.45) is 0 Å². The van der Waals surface area contributed by atoms with Gasteiger partial charge in [0.15, 0.2) is 0 Å². The quantitative estimate of drug-likeness (QED) is 0.514. The topological polar surface area (TPSA) is 0 Å². The summed E-state index contributed by atoms with van der Waals surface area (Å²) in [4.78, 5) is 0. The summed E-state index contributed by atoms with van der Waals surface area (Å²) >= 11 is 0. The van der Waals surface area contributed by atoms with E-state index in [0.717, 1.165) is 5.56 Å². The zero-order chi connectivity index (χ0) is 14.9. The number of unbranched alkanes of at least 4 members (excludes halogenated alkanes) is 3. The standard InChI is InChI=1S/C20H23F/c1-2-3-4-5-6-17-7-11-19(12-8-17)20-13-9-18(10-14-20)15-16-21/h7-16H,2-6H2,1H3. The van der Waals surface area contributed by atoms with Crippen molar-refractivity contribution in [1.82, 2.24) is 0 Å². The van der Waals surface area contributed by atoms with Crippen LogP contribution >= 0.6 is 0 Å². The van der Waals surface area contributed by atoms with Crippen LogP contribution in [0.3, 0.4) is 0 Å². The maximum absolute atomic E-state index is 12.1. The summed E-state index contributed by atoms with van der Waals surface area (Å²) in [5, 5.41) is 0. The second kappa shape index (κ2) is 8.41. The first-order valence-electron chi connectivity index (χ1n) is 7.79. The first-order valence-corrected chi connectivity index (χ1v) is 7.79. The van der Waals surface area contributed by atoms with Crippen molar-refractivity contribution in [3.05, 3.63) is 66.0 Å². The third kappa shape index (κ3) is 4.86. The molecule has 1 heteroatoms. The Balaban J connectivity index is 1.97. The highest BCUT2D eigenvalue weighted by Gasteiger charge is 1.99. The molecule has 2 aromatic rings. The van der Waals surface area contributed by atoms with Crippen molar-refractivity contribution in [1.29, 1.82) is 0 Å². The summed E-state index contributed by atoms with van der Waals surface area (Å²) in [6.45, 7) is 2.24. The predicted molar refractivity (Wildman–Crippen MR) is 89.9 cm³/mol. The number of benzene rings is 2. The molecular weight excluding hydrogens is 259 g/mol. The third-order valence-electron chi connectivity index (χ3n) is 3.77. The lowest BCUT2D eigenvalue weighted by molar-refractivity contribution is 0.667. The van der Waals surface area contributed by atoms with Crippen LogP contribution in [0.2, 0.25) is 0 Å². The van der Waals surface area contributed by atoms with Gasteiger partial charge in [0.2, 0.25) is 0 Å². The number of hydrogen-bond acceptors (Lipinski definition) is 0. The van der Waals surface area contributed by atoms with E-state index in [0.29, 0.717) is 6.33 Å². The molecule has 0 aliphatic carbocycles. The van der Waals surface area contributed by atoms with Gasteiger partial charge in [0.25, 0.3) is 0 Å². The molecule has 0 aliphatic rings. The molecule has 0 radical (unpaired) electrons. The molecule has 0 aliphatic heterocycles. The third-order valence-corrected chi connectivity index (χ3v) is 3.77. The molecule has 0 amide bonds. The molecule has 0 nitrogen and oxygen atoms in total. The second-order valence-corrected chi connectivity index (χ2v) is 5.42. The molecule has 0 atom stereocenters. The van der Waals surface area contributed by atoms with Crippen LogP contribution in [0.5, 0.6) is 0 Å². The van der Waals surface area contributed by atoms with E-state index in [2.05, 4.69) is 31.2 Å². The van der Waals surface area contributed by atoms with Gasteiger partial charge in [-0.1, -0.05) is 74.7 Å². The Morgan fingerprint density at radius 1 is 0.810 bits per heavy atom. The summed E-state index contributed by atoms with van der Waals surface area (Å²) in [6, 6.07) is 16.7. The van der Waals surface area contributed by atoms with Gasteiger partial charge in [-0.25, -0.2) is 4.39 Å². The van der Waals surface area contributed by atoms with Crippen molar-refractivity contribution in [2.75, 3.05) is 0 Å². The predicted octanol–water partition coefficient (Wildman–Crippen LogP) is 6.42. The van der Waals surface area contributed by atoms with Gasteiger partial charge in [0.05, 0.1) is 6.33 Å². The summed E-state index contributed by atoms with van der Waals surface area (Å²) in [5.74, 6) is 0.